The van der Waals surface area contributed by atoms with E-state index in [2.05, 4.69) is 31.3 Å². The van der Waals surface area contributed by atoms with E-state index >= 15 is 0 Å². The van der Waals surface area contributed by atoms with Gasteiger partial charge in [0.25, 0.3) is 0 Å². The molecule has 0 saturated carbocycles. The number of pyridine rings is 1. The summed E-state index contributed by atoms with van der Waals surface area (Å²) in [6.07, 6.45) is 3.29. The number of aromatic nitrogens is 3. The van der Waals surface area contributed by atoms with Crippen molar-refractivity contribution in [2.24, 2.45) is 0 Å². The molecule has 0 spiro atoms. The van der Waals surface area contributed by atoms with Crippen LogP contribution in [0, 0.1) is 5.82 Å². The summed E-state index contributed by atoms with van der Waals surface area (Å²) in [7, 11) is 1.64. The maximum absolute atomic E-state index is 14.1. The van der Waals surface area contributed by atoms with Gasteiger partial charge in [-0.3, -0.25) is 9.67 Å². The number of nitrogens with zero attached hydrogens (tertiary/aromatic N) is 3. The van der Waals surface area contributed by atoms with E-state index in [1.165, 1.54) is 6.07 Å². The molecule has 21 heavy (non-hydrogen) atoms. The van der Waals surface area contributed by atoms with E-state index in [9.17, 15) is 4.39 Å². The molecule has 0 fully saturated rings. The third-order valence-electron chi connectivity index (χ3n) is 3.08. The van der Waals surface area contributed by atoms with Gasteiger partial charge in [0.15, 0.2) is 0 Å². The number of nitrogens with one attached hydrogen (secondary N) is 1. The normalized spacial score (nSPS) is 12.6. The van der Waals surface area contributed by atoms with Gasteiger partial charge >= 0.3 is 0 Å². The summed E-state index contributed by atoms with van der Waals surface area (Å²) in [5.74, 6) is -0.338. The topological polar surface area (TPSA) is 52.0 Å². The molecule has 2 heterocycles. The first-order chi connectivity index (χ1) is 10.2. The van der Waals surface area contributed by atoms with E-state index in [1.54, 1.807) is 30.3 Å². The molecule has 1 atom stereocenters. The number of hydrogen-bond donors (Lipinski definition) is 1. The van der Waals surface area contributed by atoms with Crippen LogP contribution in [0.5, 0.6) is 0 Å². The molecule has 114 valence electrons. The monoisotopic (exact) mass is 356 g/mol. The Morgan fingerprint density at radius 3 is 3.00 bits per heavy atom. The summed E-state index contributed by atoms with van der Waals surface area (Å²) in [4.78, 5) is 4.19. The van der Waals surface area contributed by atoms with Crippen LogP contribution >= 0.6 is 15.9 Å². The van der Waals surface area contributed by atoms with Gasteiger partial charge in [-0.15, -0.1) is 0 Å². The van der Waals surface area contributed by atoms with Crippen LogP contribution in [0.15, 0.2) is 29.0 Å². The zero-order valence-electron chi connectivity index (χ0n) is 12.0. The van der Waals surface area contributed by atoms with E-state index in [0.717, 1.165) is 10.2 Å². The van der Waals surface area contributed by atoms with E-state index in [1.807, 2.05) is 6.92 Å². The minimum Gasteiger partial charge on any atom is -0.383 e. The van der Waals surface area contributed by atoms with Crippen LogP contribution in [0.1, 0.15) is 24.4 Å². The summed E-state index contributed by atoms with van der Waals surface area (Å²) < 4.78 is 21.8. The molecule has 7 heteroatoms. The molecule has 2 aromatic heterocycles. The van der Waals surface area contributed by atoms with Gasteiger partial charge in [-0.05, 0) is 34.6 Å². The van der Waals surface area contributed by atoms with Crippen molar-refractivity contribution in [2.45, 2.75) is 19.5 Å². The lowest BCUT2D eigenvalue weighted by Gasteiger charge is -2.20. The first-order valence-corrected chi connectivity index (χ1v) is 7.52. The Morgan fingerprint density at radius 1 is 1.52 bits per heavy atom. The molecule has 1 N–H and O–H groups in total. The summed E-state index contributed by atoms with van der Waals surface area (Å²) in [6.45, 7) is 3.78. The van der Waals surface area contributed by atoms with Crippen LogP contribution in [-0.2, 0) is 11.3 Å². The Bertz CT molecular complexity index is 590. The van der Waals surface area contributed by atoms with Gasteiger partial charge in [0.2, 0.25) is 0 Å². The Balaban J connectivity index is 2.43. The maximum atomic E-state index is 14.1. The van der Waals surface area contributed by atoms with Crippen molar-refractivity contribution in [3.63, 3.8) is 0 Å². The number of hydrogen-bond acceptors (Lipinski definition) is 4. The molecule has 5 nitrogen and oxygen atoms in total. The zero-order valence-corrected chi connectivity index (χ0v) is 13.6. The SMILES string of the molecule is CCNC(c1ncccc1F)c1c(Br)cnn1CCOC. The van der Waals surface area contributed by atoms with Crippen LogP contribution in [0.2, 0.25) is 0 Å². The third kappa shape index (κ3) is 3.66. The van der Waals surface area contributed by atoms with Crippen LogP contribution in [-0.4, -0.2) is 35.0 Å². The second kappa shape index (κ2) is 7.63. The number of halogens is 2. The van der Waals surface area contributed by atoms with Crippen molar-refractivity contribution in [2.75, 3.05) is 20.3 Å². The maximum Gasteiger partial charge on any atom is 0.146 e. The van der Waals surface area contributed by atoms with Gasteiger partial charge in [-0.25, -0.2) is 4.39 Å². The van der Waals surface area contributed by atoms with Crippen molar-refractivity contribution in [1.82, 2.24) is 20.1 Å². The van der Waals surface area contributed by atoms with E-state index in [4.69, 9.17) is 4.74 Å². The fraction of sp³-hybridized carbons (Fsp3) is 0.429. The largest absolute Gasteiger partial charge is 0.383 e. The molecule has 0 aliphatic rings. The molecule has 1 unspecified atom stereocenters. The molecular formula is C14H18BrFN4O. The van der Waals surface area contributed by atoms with Crippen LogP contribution in [0.3, 0.4) is 0 Å². The highest BCUT2D eigenvalue weighted by molar-refractivity contribution is 9.10. The van der Waals surface area contributed by atoms with Crippen molar-refractivity contribution in [3.8, 4) is 0 Å². The minimum atomic E-state index is -0.370. The second-order valence-electron chi connectivity index (χ2n) is 4.45. The van der Waals surface area contributed by atoms with E-state index in [0.29, 0.717) is 25.4 Å². The lowest BCUT2D eigenvalue weighted by atomic mass is 10.1. The molecule has 0 bridgehead atoms. The summed E-state index contributed by atoms with van der Waals surface area (Å²) >= 11 is 3.49. The number of methoxy groups -OCH3 is 1. The fourth-order valence-electron chi connectivity index (χ4n) is 2.15. The molecular weight excluding hydrogens is 339 g/mol. The summed E-state index contributed by atoms with van der Waals surface area (Å²) in [5.41, 5.74) is 1.20. The summed E-state index contributed by atoms with van der Waals surface area (Å²) in [6, 6.07) is 2.63. The van der Waals surface area contributed by atoms with Crippen LogP contribution in [0.25, 0.3) is 0 Å². The minimum absolute atomic E-state index is 0.338. The predicted molar refractivity (Wildman–Crippen MR) is 81.5 cm³/mol. The van der Waals surface area contributed by atoms with E-state index in [-0.39, 0.29) is 11.9 Å². The highest BCUT2D eigenvalue weighted by Gasteiger charge is 2.24. The molecule has 2 rings (SSSR count). The molecule has 0 aliphatic heterocycles. The van der Waals surface area contributed by atoms with Crippen molar-refractivity contribution < 1.29 is 9.13 Å². The quantitative estimate of drug-likeness (QED) is 0.828. The Kier molecular flexibility index (Phi) is 5.84. The van der Waals surface area contributed by atoms with Crippen LogP contribution in [0.4, 0.5) is 4.39 Å². The van der Waals surface area contributed by atoms with Crippen molar-refractivity contribution in [3.05, 3.63) is 46.2 Å². The highest BCUT2D eigenvalue weighted by Crippen LogP contribution is 2.28. The second-order valence-corrected chi connectivity index (χ2v) is 5.31. The fourth-order valence-corrected chi connectivity index (χ4v) is 2.68. The molecule has 0 aliphatic carbocycles. The molecule has 0 radical (unpaired) electrons. The Morgan fingerprint density at radius 2 is 2.33 bits per heavy atom. The smallest absolute Gasteiger partial charge is 0.146 e. The molecule has 0 amide bonds. The average Bonchev–Trinajstić information content (AvgIpc) is 2.84. The van der Waals surface area contributed by atoms with Crippen molar-refractivity contribution >= 4 is 15.9 Å². The lowest BCUT2D eigenvalue weighted by molar-refractivity contribution is 0.182. The van der Waals surface area contributed by atoms with Crippen LogP contribution < -0.4 is 5.32 Å². The average molecular weight is 357 g/mol. The molecule has 0 aromatic carbocycles. The van der Waals surface area contributed by atoms with Gasteiger partial charge < -0.3 is 10.1 Å². The Hall–Kier alpha value is -1.31. The predicted octanol–water partition coefficient (Wildman–Crippen LogP) is 2.53. The van der Waals surface area contributed by atoms with Crippen molar-refractivity contribution in [1.29, 1.82) is 0 Å². The van der Waals surface area contributed by atoms with Gasteiger partial charge in [0, 0.05) is 13.3 Å². The summed E-state index contributed by atoms with van der Waals surface area (Å²) in [5, 5.41) is 7.58. The molecule has 0 saturated heterocycles. The van der Waals surface area contributed by atoms with Gasteiger partial charge in [0.05, 0.1) is 41.3 Å². The van der Waals surface area contributed by atoms with E-state index < -0.39 is 0 Å². The first kappa shape index (κ1) is 16.1. The third-order valence-corrected chi connectivity index (χ3v) is 3.69. The number of rotatable bonds is 7. The van der Waals surface area contributed by atoms with Gasteiger partial charge in [0.1, 0.15) is 5.82 Å². The lowest BCUT2D eigenvalue weighted by Crippen LogP contribution is -2.27. The number of ether oxygens (including phenoxy) is 1. The Labute approximate surface area is 131 Å². The zero-order chi connectivity index (χ0) is 15.2. The molecule has 2 aromatic rings. The van der Waals surface area contributed by atoms with Gasteiger partial charge in [-0.1, -0.05) is 6.92 Å². The first-order valence-electron chi connectivity index (χ1n) is 6.73. The van der Waals surface area contributed by atoms with Gasteiger partial charge in [-0.2, -0.15) is 5.10 Å². The standard InChI is InChI=1S/C14H18BrFN4O/c1-3-17-13(12-11(16)5-4-6-18-12)14-10(15)9-19-20(14)7-8-21-2/h4-6,9,13,17H,3,7-8H2,1-2H3. The highest BCUT2D eigenvalue weighted by atomic mass is 79.9.